The van der Waals surface area contributed by atoms with Crippen molar-refractivity contribution in [3.8, 4) is 5.75 Å². The molecule has 1 aromatic rings. The van der Waals surface area contributed by atoms with Gasteiger partial charge in [-0.2, -0.15) is 0 Å². The molecule has 0 aromatic heterocycles. The molecule has 0 bridgehead atoms. The highest BCUT2D eigenvalue weighted by Gasteiger charge is 2.25. The fraction of sp³-hybridized carbons (Fsp3) is 0.500. The normalized spacial score (nSPS) is 14.1. The van der Waals surface area contributed by atoms with E-state index in [9.17, 15) is 4.79 Å². The Morgan fingerprint density at radius 1 is 1.35 bits per heavy atom. The molecular weight excluding hydrogens is 373 g/mol. The Morgan fingerprint density at radius 2 is 2.20 bits per heavy atom. The molecule has 0 saturated carbocycles. The van der Waals surface area contributed by atoms with Gasteiger partial charge in [-0.25, -0.2) is 0 Å². The summed E-state index contributed by atoms with van der Waals surface area (Å²) in [5.41, 5.74) is 0.827. The molecule has 1 amide bonds. The van der Waals surface area contributed by atoms with Crippen LogP contribution < -0.4 is 9.64 Å². The smallest absolute Gasteiger partial charge is 0.265 e. The van der Waals surface area contributed by atoms with Crippen LogP contribution in [0.15, 0.2) is 18.2 Å². The fourth-order valence-electron chi connectivity index (χ4n) is 1.98. The molecule has 0 aliphatic carbocycles. The van der Waals surface area contributed by atoms with Crippen LogP contribution in [0, 0.1) is 3.57 Å². The Bertz CT molecular complexity index is 466. The van der Waals surface area contributed by atoms with Crippen molar-refractivity contribution >= 4 is 34.2 Å². The molecule has 0 radical (unpaired) electrons. The third kappa shape index (κ3) is 4.07. The van der Waals surface area contributed by atoms with Crippen LogP contribution in [0.25, 0.3) is 0 Å². The quantitative estimate of drug-likeness (QED) is 0.528. The van der Waals surface area contributed by atoms with E-state index in [1.807, 2.05) is 18.2 Å². The molecule has 0 saturated heterocycles. The Labute approximate surface area is 132 Å². The van der Waals surface area contributed by atoms with E-state index in [1.165, 1.54) is 0 Å². The molecule has 2 rings (SSSR count). The van der Waals surface area contributed by atoms with Gasteiger partial charge in [-0.3, -0.25) is 4.79 Å². The van der Waals surface area contributed by atoms with E-state index in [1.54, 1.807) is 12.0 Å². The summed E-state index contributed by atoms with van der Waals surface area (Å²) in [6.45, 7) is 2.49. The van der Waals surface area contributed by atoms with E-state index in [4.69, 9.17) is 14.2 Å². The highest BCUT2D eigenvalue weighted by Crippen LogP contribution is 2.33. The van der Waals surface area contributed by atoms with Crippen LogP contribution in [0.5, 0.6) is 5.75 Å². The van der Waals surface area contributed by atoms with Gasteiger partial charge >= 0.3 is 0 Å². The lowest BCUT2D eigenvalue weighted by molar-refractivity contribution is -0.121. The highest BCUT2D eigenvalue weighted by atomic mass is 127. The van der Waals surface area contributed by atoms with Crippen LogP contribution in [0.4, 0.5) is 5.69 Å². The van der Waals surface area contributed by atoms with Gasteiger partial charge in [0.15, 0.2) is 6.61 Å². The first kappa shape index (κ1) is 15.5. The Morgan fingerprint density at radius 3 is 3.00 bits per heavy atom. The number of ether oxygens (including phenoxy) is 3. The van der Waals surface area contributed by atoms with Crippen molar-refractivity contribution in [2.45, 2.75) is 6.42 Å². The average molecular weight is 391 g/mol. The SMILES string of the molecule is COCCCOCCN1C(=O)COc2ccc(I)cc21. The number of methoxy groups -OCH3 is 1. The fourth-order valence-corrected chi connectivity index (χ4v) is 2.46. The molecule has 1 aliphatic heterocycles. The summed E-state index contributed by atoms with van der Waals surface area (Å²) in [6, 6.07) is 5.82. The molecule has 0 spiro atoms. The molecule has 0 fully saturated rings. The van der Waals surface area contributed by atoms with Crippen LogP contribution in [-0.2, 0) is 14.3 Å². The van der Waals surface area contributed by atoms with Crippen molar-refractivity contribution < 1.29 is 19.0 Å². The number of hydrogen-bond donors (Lipinski definition) is 0. The number of hydrogen-bond acceptors (Lipinski definition) is 4. The van der Waals surface area contributed by atoms with Gasteiger partial charge in [-0.1, -0.05) is 0 Å². The summed E-state index contributed by atoms with van der Waals surface area (Å²) in [7, 11) is 1.67. The first-order valence-electron chi connectivity index (χ1n) is 6.52. The zero-order chi connectivity index (χ0) is 14.4. The zero-order valence-corrected chi connectivity index (χ0v) is 13.6. The van der Waals surface area contributed by atoms with Crippen LogP contribution in [0.2, 0.25) is 0 Å². The topological polar surface area (TPSA) is 48.0 Å². The second kappa shape index (κ2) is 7.80. The monoisotopic (exact) mass is 391 g/mol. The minimum atomic E-state index is -0.0278. The number of carbonyl (C=O) groups is 1. The van der Waals surface area contributed by atoms with Gasteiger partial charge in [0.05, 0.1) is 12.3 Å². The van der Waals surface area contributed by atoms with Crippen molar-refractivity contribution in [1.29, 1.82) is 0 Å². The number of fused-ring (bicyclic) bond motifs is 1. The molecule has 0 atom stereocenters. The van der Waals surface area contributed by atoms with Crippen molar-refractivity contribution in [3.63, 3.8) is 0 Å². The van der Waals surface area contributed by atoms with Crippen LogP contribution in [0.3, 0.4) is 0 Å². The molecule has 20 heavy (non-hydrogen) atoms. The second-order valence-electron chi connectivity index (χ2n) is 4.40. The summed E-state index contributed by atoms with van der Waals surface area (Å²) >= 11 is 2.22. The molecule has 6 heteroatoms. The van der Waals surface area contributed by atoms with Crippen LogP contribution in [-0.4, -0.2) is 46.0 Å². The number of carbonyl (C=O) groups excluding carboxylic acids is 1. The molecule has 1 aliphatic rings. The number of rotatable bonds is 7. The van der Waals surface area contributed by atoms with Crippen LogP contribution in [0.1, 0.15) is 6.42 Å². The summed E-state index contributed by atoms with van der Waals surface area (Å²) in [6.07, 6.45) is 0.863. The maximum atomic E-state index is 12.0. The second-order valence-corrected chi connectivity index (χ2v) is 5.65. The Hall–Kier alpha value is -0.860. The molecule has 5 nitrogen and oxygen atoms in total. The molecule has 1 heterocycles. The van der Waals surface area contributed by atoms with Crippen molar-refractivity contribution in [2.75, 3.05) is 45.0 Å². The third-order valence-electron chi connectivity index (χ3n) is 2.96. The maximum absolute atomic E-state index is 12.0. The van der Waals surface area contributed by atoms with Gasteiger partial charge in [0.25, 0.3) is 5.91 Å². The summed E-state index contributed by atoms with van der Waals surface area (Å²) in [5.74, 6) is 0.726. The zero-order valence-electron chi connectivity index (χ0n) is 11.4. The lowest BCUT2D eigenvalue weighted by Crippen LogP contribution is -2.40. The first-order chi connectivity index (χ1) is 9.72. The standard InChI is InChI=1S/C14H18INO4/c1-18-6-2-7-19-8-5-16-12-9-11(15)3-4-13(12)20-10-14(16)17/h3-4,9H,2,5-8,10H2,1H3. The predicted molar refractivity (Wildman–Crippen MR) is 84.3 cm³/mol. The van der Waals surface area contributed by atoms with Crippen molar-refractivity contribution in [2.24, 2.45) is 0 Å². The lowest BCUT2D eigenvalue weighted by Gasteiger charge is -2.29. The maximum Gasteiger partial charge on any atom is 0.265 e. The van der Waals surface area contributed by atoms with E-state index in [2.05, 4.69) is 22.6 Å². The molecule has 0 unspecified atom stereocenters. The molecular formula is C14H18INO4. The average Bonchev–Trinajstić information content (AvgIpc) is 2.44. The van der Waals surface area contributed by atoms with Crippen molar-refractivity contribution in [1.82, 2.24) is 0 Å². The van der Waals surface area contributed by atoms with Gasteiger partial charge in [0, 0.05) is 30.4 Å². The molecule has 0 N–H and O–H groups in total. The summed E-state index contributed by atoms with van der Waals surface area (Å²) < 4.78 is 17.0. The highest BCUT2D eigenvalue weighted by molar-refractivity contribution is 14.1. The van der Waals surface area contributed by atoms with Crippen LogP contribution >= 0.6 is 22.6 Å². The number of amides is 1. The Balaban J connectivity index is 1.90. The van der Waals surface area contributed by atoms with E-state index in [0.717, 1.165) is 21.4 Å². The number of benzene rings is 1. The van der Waals surface area contributed by atoms with Gasteiger partial charge in [-0.15, -0.1) is 0 Å². The minimum absolute atomic E-state index is 0.0278. The van der Waals surface area contributed by atoms with Crippen molar-refractivity contribution in [3.05, 3.63) is 21.8 Å². The summed E-state index contributed by atoms with van der Waals surface area (Å²) in [5, 5.41) is 0. The number of halogens is 1. The predicted octanol–water partition coefficient (Wildman–Crippen LogP) is 2.07. The third-order valence-corrected chi connectivity index (χ3v) is 3.63. The largest absolute Gasteiger partial charge is 0.482 e. The number of anilines is 1. The lowest BCUT2D eigenvalue weighted by atomic mass is 10.2. The van der Waals surface area contributed by atoms with E-state index in [0.29, 0.717) is 26.4 Å². The molecule has 110 valence electrons. The van der Waals surface area contributed by atoms with E-state index >= 15 is 0 Å². The molecule has 1 aromatic carbocycles. The summed E-state index contributed by atoms with van der Waals surface area (Å²) in [4.78, 5) is 13.7. The number of nitrogens with zero attached hydrogens (tertiary/aromatic N) is 1. The van der Waals surface area contributed by atoms with Gasteiger partial charge in [0.2, 0.25) is 0 Å². The van der Waals surface area contributed by atoms with E-state index < -0.39 is 0 Å². The van der Waals surface area contributed by atoms with Gasteiger partial charge in [-0.05, 0) is 47.2 Å². The van der Waals surface area contributed by atoms with Gasteiger partial charge in [0.1, 0.15) is 5.75 Å². The first-order valence-corrected chi connectivity index (χ1v) is 7.59. The minimum Gasteiger partial charge on any atom is -0.482 e. The Kier molecular flexibility index (Phi) is 6.06. The van der Waals surface area contributed by atoms with E-state index in [-0.39, 0.29) is 12.5 Å². The van der Waals surface area contributed by atoms with Gasteiger partial charge < -0.3 is 19.1 Å².